The van der Waals surface area contributed by atoms with Crippen LogP contribution < -0.4 is 5.32 Å². The predicted molar refractivity (Wildman–Crippen MR) is 75.0 cm³/mol. The Morgan fingerprint density at radius 1 is 1.39 bits per heavy atom. The normalized spacial score (nSPS) is 12.6. The van der Waals surface area contributed by atoms with Crippen molar-refractivity contribution in [1.29, 1.82) is 0 Å². The quantitative estimate of drug-likeness (QED) is 0.874. The Bertz CT molecular complexity index is 502. The first-order chi connectivity index (χ1) is 8.76. The molecule has 1 aromatic carbocycles. The Kier molecular flexibility index (Phi) is 4.15. The molecule has 0 fully saturated rings. The summed E-state index contributed by atoms with van der Waals surface area (Å²) in [6.45, 7) is 5.34. The molecule has 2 aromatic rings. The summed E-state index contributed by atoms with van der Waals surface area (Å²) in [5.41, 5.74) is 3.76. The zero-order valence-electron chi connectivity index (χ0n) is 11.4. The van der Waals surface area contributed by atoms with Gasteiger partial charge in [0.25, 0.3) is 0 Å². The van der Waals surface area contributed by atoms with Crippen molar-refractivity contribution in [1.82, 2.24) is 14.9 Å². The van der Waals surface area contributed by atoms with Crippen molar-refractivity contribution in [3.63, 3.8) is 0 Å². The Balaban J connectivity index is 2.36. The average molecular weight is 243 g/mol. The van der Waals surface area contributed by atoms with E-state index in [1.807, 2.05) is 19.6 Å². The maximum atomic E-state index is 4.29. The summed E-state index contributed by atoms with van der Waals surface area (Å²) in [7, 11) is 1.97. The summed E-state index contributed by atoms with van der Waals surface area (Å²) < 4.78 is 2.19. The maximum Gasteiger partial charge on any atom is 0.0994 e. The van der Waals surface area contributed by atoms with Gasteiger partial charge in [-0.05, 0) is 37.1 Å². The van der Waals surface area contributed by atoms with Gasteiger partial charge in [-0.3, -0.25) is 0 Å². The van der Waals surface area contributed by atoms with Crippen molar-refractivity contribution in [3.8, 4) is 5.69 Å². The molecule has 0 aliphatic rings. The van der Waals surface area contributed by atoms with Crippen molar-refractivity contribution in [2.75, 3.05) is 7.05 Å². The van der Waals surface area contributed by atoms with Gasteiger partial charge in [-0.1, -0.05) is 26.0 Å². The molecule has 18 heavy (non-hydrogen) atoms. The summed E-state index contributed by atoms with van der Waals surface area (Å²) >= 11 is 0. The lowest BCUT2D eigenvalue weighted by molar-refractivity contribution is 0.689. The number of aromatic nitrogens is 2. The van der Waals surface area contributed by atoms with Crippen molar-refractivity contribution in [2.24, 2.45) is 0 Å². The van der Waals surface area contributed by atoms with Crippen molar-refractivity contribution < 1.29 is 0 Å². The van der Waals surface area contributed by atoms with E-state index in [9.17, 15) is 0 Å². The molecule has 96 valence electrons. The number of imidazole rings is 1. The lowest BCUT2D eigenvalue weighted by atomic mass is 10.1. The first-order valence-electron chi connectivity index (χ1n) is 6.52. The molecule has 3 heteroatoms. The second-order valence-corrected chi connectivity index (χ2v) is 4.70. The van der Waals surface area contributed by atoms with E-state index in [1.54, 1.807) is 0 Å². The van der Waals surface area contributed by atoms with E-state index >= 15 is 0 Å². The van der Waals surface area contributed by atoms with Crippen LogP contribution in [0.4, 0.5) is 0 Å². The van der Waals surface area contributed by atoms with Crippen LogP contribution in [-0.2, 0) is 6.54 Å². The lowest BCUT2D eigenvalue weighted by Crippen LogP contribution is -2.07. The lowest BCUT2D eigenvalue weighted by Gasteiger charge is -2.13. The predicted octanol–water partition coefficient (Wildman–Crippen LogP) is 3.11. The van der Waals surface area contributed by atoms with E-state index < -0.39 is 0 Å². The van der Waals surface area contributed by atoms with Crippen LogP contribution in [0, 0.1) is 0 Å². The van der Waals surface area contributed by atoms with Gasteiger partial charge in [0.15, 0.2) is 0 Å². The van der Waals surface area contributed by atoms with E-state index in [-0.39, 0.29) is 0 Å². The molecule has 2 rings (SSSR count). The highest BCUT2D eigenvalue weighted by Gasteiger charge is 2.10. The molecule has 1 N–H and O–H groups in total. The highest BCUT2D eigenvalue weighted by Crippen LogP contribution is 2.22. The summed E-state index contributed by atoms with van der Waals surface area (Å²) in [6, 6.07) is 8.58. The minimum Gasteiger partial charge on any atom is -0.316 e. The van der Waals surface area contributed by atoms with Gasteiger partial charge in [0.1, 0.15) is 0 Å². The Morgan fingerprint density at radius 2 is 2.22 bits per heavy atom. The van der Waals surface area contributed by atoms with E-state index in [1.165, 1.54) is 16.9 Å². The van der Waals surface area contributed by atoms with E-state index in [4.69, 9.17) is 0 Å². The Morgan fingerprint density at radius 3 is 2.94 bits per heavy atom. The molecule has 0 saturated heterocycles. The molecular formula is C15H21N3. The van der Waals surface area contributed by atoms with Crippen LogP contribution in [0.15, 0.2) is 36.8 Å². The molecule has 1 heterocycles. The number of nitrogens with zero attached hydrogens (tertiary/aromatic N) is 2. The molecule has 0 amide bonds. The number of benzene rings is 1. The molecular weight excluding hydrogens is 222 g/mol. The van der Waals surface area contributed by atoms with Gasteiger partial charge in [0, 0.05) is 24.1 Å². The zero-order chi connectivity index (χ0) is 13.0. The van der Waals surface area contributed by atoms with Crippen molar-refractivity contribution >= 4 is 0 Å². The average Bonchev–Trinajstić information content (AvgIpc) is 2.88. The first-order valence-corrected chi connectivity index (χ1v) is 6.52. The fourth-order valence-electron chi connectivity index (χ4n) is 2.12. The van der Waals surface area contributed by atoms with Gasteiger partial charge in [0.05, 0.1) is 6.33 Å². The molecule has 1 unspecified atom stereocenters. The molecule has 0 spiro atoms. The highest BCUT2D eigenvalue weighted by atomic mass is 15.1. The fourth-order valence-corrected chi connectivity index (χ4v) is 2.12. The third kappa shape index (κ3) is 2.62. The summed E-state index contributed by atoms with van der Waals surface area (Å²) in [4.78, 5) is 4.29. The zero-order valence-corrected chi connectivity index (χ0v) is 11.4. The van der Waals surface area contributed by atoms with Crippen molar-refractivity contribution in [2.45, 2.75) is 32.7 Å². The van der Waals surface area contributed by atoms with Crippen LogP contribution in [0.25, 0.3) is 5.69 Å². The number of rotatable bonds is 5. The highest BCUT2D eigenvalue weighted by molar-refractivity contribution is 5.38. The molecule has 1 aromatic heterocycles. The van der Waals surface area contributed by atoms with Gasteiger partial charge < -0.3 is 9.88 Å². The topological polar surface area (TPSA) is 29.9 Å². The van der Waals surface area contributed by atoms with Crippen LogP contribution in [0.1, 0.15) is 37.4 Å². The number of hydrogen-bond donors (Lipinski definition) is 1. The summed E-state index contributed by atoms with van der Waals surface area (Å²) in [5.74, 6) is 0.528. The van der Waals surface area contributed by atoms with Crippen LogP contribution in [0.5, 0.6) is 0 Å². The Labute approximate surface area is 109 Å². The third-order valence-electron chi connectivity index (χ3n) is 3.35. The molecule has 0 aliphatic heterocycles. The minimum absolute atomic E-state index is 0.528. The van der Waals surface area contributed by atoms with Crippen LogP contribution >= 0.6 is 0 Å². The second-order valence-electron chi connectivity index (χ2n) is 4.70. The smallest absolute Gasteiger partial charge is 0.0994 e. The second kappa shape index (κ2) is 5.83. The monoisotopic (exact) mass is 243 g/mol. The van der Waals surface area contributed by atoms with Crippen LogP contribution in [0.3, 0.4) is 0 Å². The molecule has 0 saturated carbocycles. The first kappa shape index (κ1) is 12.8. The standard InChI is InChI=1S/C15H21N3/c1-4-12(2)15-10-17-11-18(15)14-7-5-6-13(8-14)9-16-3/h5-8,10-12,16H,4,9H2,1-3H3. The SMILES string of the molecule is CCC(C)c1cncn1-c1cccc(CNC)c1. The van der Waals surface area contributed by atoms with Gasteiger partial charge in [-0.2, -0.15) is 0 Å². The van der Waals surface area contributed by atoms with Gasteiger partial charge >= 0.3 is 0 Å². The number of hydrogen-bond acceptors (Lipinski definition) is 2. The molecule has 0 bridgehead atoms. The maximum absolute atomic E-state index is 4.29. The van der Waals surface area contributed by atoms with Crippen LogP contribution in [-0.4, -0.2) is 16.6 Å². The fraction of sp³-hybridized carbons (Fsp3) is 0.400. The molecule has 0 radical (unpaired) electrons. The van der Waals surface area contributed by atoms with Gasteiger partial charge in [-0.15, -0.1) is 0 Å². The van der Waals surface area contributed by atoms with Crippen molar-refractivity contribution in [3.05, 3.63) is 48.0 Å². The van der Waals surface area contributed by atoms with E-state index in [0.29, 0.717) is 5.92 Å². The largest absolute Gasteiger partial charge is 0.316 e. The van der Waals surface area contributed by atoms with Gasteiger partial charge in [-0.25, -0.2) is 4.98 Å². The molecule has 1 atom stereocenters. The molecule has 3 nitrogen and oxygen atoms in total. The number of nitrogens with one attached hydrogen (secondary N) is 1. The molecule has 0 aliphatic carbocycles. The minimum atomic E-state index is 0.528. The third-order valence-corrected chi connectivity index (χ3v) is 3.35. The van der Waals surface area contributed by atoms with Crippen LogP contribution in [0.2, 0.25) is 0 Å². The van der Waals surface area contributed by atoms with E-state index in [2.05, 4.69) is 53.0 Å². The summed E-state index contributed by atoms with van der Waals surface area (Å²) in [6.07, 6.45) is 5.00. The van der Waals surface area contributed by atoms with Gasteiger partial charge in [0.2, 0.25) is 0 Å². The van der Waals surface area contributed by atoms with E-state index in [0.717, 1.165) is 13.0 Å². The summed E-state index contributed by atoms with van der Waals surface area (Å²) in [5, 5.41) is 3.18. The Hall–Kier alpha value is -1.61.